The number of fused-ring (bicyclic) bond motifs is 2. The smallest absolute Gasteiger partial charge is 0.349 e. The lowest BCUT2D eigenvalue weighted by Gasteiger charge is -2.42. The van der Waals surface area contributed by atoms with E-state index < -0.39 is 40.5 Å². The van der Waals surface area contributed by atoms with Gasteiger partial charge >= 0.3 is 11.6 Å². The zero-order valence-electron chi connectivity index (χ0n) is 18.3. The van der Waals surface area contributed by atoms with E-state index in [1.54, 1.807) is 18.2 Å². The third-order valence-corrected chi connectivity index (χ3v) is 6.71. The number of ketones is 1. The first-order valence-electron chi connectivity index (χ1n) is 10.6. The number of aromatic nitrogens is 3. The minimum absolute atomic E-state index is 0.179. The van der Waals surface area contributed by atoms with Gasteiger partial charge in [-0.05, 0) is 66.3 Å². The van der Waals surface area contributed by atoms with Crippen LogP contribution in [-0.4, -0.2) is 33.0 Å². The molecule has 10 heteroatoms. The molecule has 1 saturated carbocycles. The van der Waals surface area contributed by atoms with Crippen LogP contribution < -0.4 is 16.6 Å². The molecule has 2 heterocycles. The number of nitrogens with zero attached hydrogens (tertiary/aromatic N) is 3. The standard InChI is InChI=1S/C24H19F2N5O3/c1-12-5-15(31-22(34)29-20(32)19(9-27)30-31)6-13(2)16(12)7-14-3-4-18-17(8-14)23(11-28-18)10-24(25,26)21(23)33/h3-6,8,28H,7,10-11H2,1-2H3,(H,29,32,34). The number of hydrogen-bond acceptors (Lipinski definition) is 6. The highest BCUT2D eigenvalue weighted by Gasteiger charge is 2.68. The Morgan fingerprint density at radius 2 is 1.85 bits per heavy atom. The van der Waals surface area contributed by atoms with Crippen molar-refractivity contribution >= 4 is 11.5 Å². The molecule has 1 fully saturated rings. The van der Waals surface area contributed by atoms with E-state index in [9.17, 15) is 23.2 Å². The van der Waals surface area contributed by atoms with Crippen LogP contribution in [0.5, 0.6) is 0 Å². The Kier molecular flexibility index (Phi) is 4.59. The van der Waals surface area contributed by atoms with Gasteiger partial charge in [-0.15, -0.1) is 5.10 Å². The number of hydrogen-bond donors (Lipinski definition) is 2. The molecule has 1 atom stereocenters. The summed E-state index contributed by atoms with van der Waals surface area (Å²) in [5, 5.41) is 16.0. The predicted molar refractivity (Wildman–Crippen MR) is 119 cm³/mol. The topological polar surface area (TPSA) is 121 Å². The van der Waals surface area contributed by atoms with Gasteiger partial charge in [0.05, 0.1) is 11.1 Å². The number of Topliss-reactive ketones (excluding diaryl/α,β-unsaturated/α-hetero) is 1. The van der Waals surface area contributed by atoms with Crippen molar-refractivity contribution in [3.63, 3.8) is 0 Å². The van der Waals surface area contributed by atoms with Crippen molar-refractivity contribution in [1.82, 2.24) is 14.8 Å². The minimum atomic E-state index is -3.28. The number of aromatic amines is 1. The Bertz CT molecular complexity index is 1530. The van der Waals surface area contributed by atoms with Crippen LogP contribution >= 0.6 is 0 Å². The molecule has 0 saturated heterocycles. The molecule has 1 spiro atoms. The van der Waals surface area contributed by atoms with Gasteiger partial charge in [0.25, 0.3) is 5.56 Å². The van der Waals surface area contributed by atoms with Crippen molar-refractivity contribution in [2.75, 3.05) is 11.9 Å². The summed E-state index contributed by atoms with van der Waals surface area (Å²) in [6.45, 7) is 3.90. The van der Waals surface area contributed by atoms with E-state index in [2.05, 4.69) is 15.4 Å². The number of H-pyrrole nitrogens is 1. The van der Waals surface area contributed by atoms with Crippen molar-refractivity contribution < 1.29 is 13.6 Å². The zero-order valence-corrected chi connectivity index (χ0v) is 18.3. The van der Waals surface area contributed by atoms with Crippen LogP contribution in [0.15, 0.2) is 39.9 Å². The van der Waals surface area contributed by atoms with Crippen LogP contribution in [0.4, 0.5) is 14.5 Å². The third-order valence-electron chi connectivity index (χ3n) is 6.71. The Morgan fingerprint density at radius 3 is 2.47 bits per heavy atom. The molecule has 2 aromatic carbocycles. The molecule has 1 aliphatic heterocycles. The fourth-order valence-corrected chi connectivity index (χ4v) is 4.96. The lowest BCUT2D eigenvalue weighted by Crippen LogP contribution is -2.61. The second-order valence-electron chi connectivity index (χ2n) is 8.89. The average Bonchev–Trinajstić information content (AvgIpc) is 3.15. The monoisotopic (exact) mass is 463 g/mol. The van der Waals surface area contributed by atoms with Crippen molar-refractivity contribution in [3.05, 3.63) is 84.7 Å². The first kappa shape index (κ1) is 21.7. The Hall–Kier alpha value is -4.13. The van der Waals surface area contributed by atoms with E-state index in [1.807, 2.05) is 32.0 Å². The molecule has 2 aliphatic rings. The first-order chi connectivity index (χ1) is 16.1. The first-order valence-corrected chi connectivity index (χ1v) is 10.6. The minimum Gasteiger partial charge on any atom is -0.383 e. The summed E-state index contributed by atoms with van der Waals surface area (Å²) >= 11 is 0. The fraction of sp³-hybridized carbons (Fsp3) is 0.292. The molecule has 8 nitrogen and oxygen atoms in total. The number of nitrogens with one attached hydrogen (secondary N) is 2. The molecule has 0 bridgehead atoms. The Morgan fingerprint density at radius 1 is 1.15 bits per heavy atom. The van der Waals surface area contributed by atoms with Gasteiger partial charge in [0, 0.05) is 18.7 Å². The lowest BCUT2D eigenvalue weighted by molar-refractivity contribution is -0.172. The summed E-state index contributed by atoms with van der Waals surface area (Å²) < 4.78 is 28.4. The number of aryl methyl sites for hydroxylation is 2. The summed E-state index contributed by atoms with van der Waals surface area (Å²) in [5.41, 5.74) is 2.04. The van der Waals surface area contributed by atoms with Crippen LogP contribution in [0, 0.1) is 25.2 Å². The van der Waals surface area contributed by atoms with Gasteiger partial charge in [-0.25, -0.2) is 4.79 Å². The molecule has 172 valence electrons. The van der Waals surface area contributed by atoms with Crippen molar-refractivity contribution in [2.24, 2.45) is 0 Å². The number of rotatable bonds is 3. The maximum atomic E-state index is 13.7. The predicted octanol–water partition coefficient (Wildman–Crippen LogP) is 2.27. The lowest BCUT2D eigenvalue weighted by atomic mass is 9.62. The third kappa shape index (κ3) is 3.08. The van der Waals surface area contributed by atoms with E-state index in [4.69, 9.17) is 5.26 Å². The maximum absolute atomic E-state index is 13.7. The van der Waals surface area contributed by atoms with E-state index in [0.717, 1.165) is 26.9 Å². The largest absolute Gasteiger partial charge is 0.383 e. The number of benzene rings is 2. The van der Waals surface area contributed by atoms with Gasteiger partial charge in [0.2, 0.25) is 11.5 Å². The van der Waals surface area contributed by atoms with Crippen molar-refractivity contribution in [2.45, 2.75) is 38.0 Å². The quantitative estimate of drug-likeness (QED) is 0.615. The van der Waals surface area contributed by atoms with Gasteiger partial charge in [-0.2, -0.15) is 18.7 Å². The van der Waals surface area contributed by atoms with Gasteiger partial charge < -0.3 is 5.32 Å². The summed E-state index contributed by atoms with van der Waals surface area (Å²) in [7, 11) is 0. The molecule has 5 rings (SSSR count). The summed E-state index contributed by atoms with van der Waals surface area (Å²) in [6, 6.07) is 10.6. The van der Waals surface area contributed by atoms with Crippen LogP contribution in [0.3, 0.4) is 0 Å². The SMILES string of the molecule is Cc1cc(-n2nc(C#N)c(=O)[nH]c2=O)cc(C)c1Cc1ccc2c(c1)C1(CN2)CC(F)(F)C1=O. The van der Waals surface area contributed by atoms with Crippen molar-refractivity contribution in [1.29, 1.82) is 5.26 Å². The molecule has 0 amide bonds. The average molecular weight is 463 g/mol. The highest BCUT2D eigenvalue weighted by atomic mass is 19.3. The summed E-state index contributed by atoms with van der Waals surface area (Å²) in [4.78, 5) is 38.2. The van der Waals surface area contributed by atoms with Crippen molar-refractivity contribution in [3.8, 4) is 11.8 Å². The molecular weight excluding hydrogens is 444 g/mol. The Labute approximate surface area is 191 Å². The summed E-state index contributed by atoms with van der Waals surface area (Å²) in [5.74, 6) is -4.31. The maximum Gasteiger partial charge on any atom is 0.349 e. The van der Waals surface area contributed by atoms with E-state index in [0.29, 0.717) is 23.4 Å². The molecule has 1 aliphatic carbocycles. The molecule has 1 aromatic heterocycles. The van der Waals surface area contributed by atoms with Gasteiger partial charge in [0.15, 0.2) is 0 Å². The Balaban J connectivity index is 1.50. The number of anilines is 1. The second kappa shape index (κ2) is 7.18. The van der Waals surface area contributed by atoms with Crippen LogP contribution in [0.25, 0.3) is 5.69 Å². The second-order valence-corrected chi connectivity index (χ2v) is 8.89. The van der Waals surface area contributed by atoms with E-state index in [-0.39, 0.29) is 6.54 Å². The molecule has 0 radical (unpaired) electrons. The van der Waals surface area contributed by atoms with E-state index >= 15 is 0 Å². The number of nitriles is 1. The van der Waals surface area contributed by atoms with E-state index in [1.165, 1.54) is 0 Å². The molecule has 34 heavy (non-hydrogen) atoms. The number of carbonyl (C=O) groups is 1. The van der Waals surface area contributed by atoms with Gasteiger partial charge in [-0.3, -0.25) is 14.6 Å². The molecule has 3 aromatic rings. The number of alkyl halides is 2. The van der Waals surface area contributed by atoms with Crippen LogP contribution in [0.2, 0.25) is 0 Å². The van der Waals surface area contributed by atoms with Gasteiger partial charge in [0.1, 0.15) is 6.07 Å². The normalized spacial score (nSPS) is 19.9. The van der Waals surface area contributed by atoms with Crippen LogP contribution in [0.1, 0.15) is 39.9 Å². The highest BCUT2D eigenvalue weighted by molar-refractivity contribution is 6.05. The highest BCUT2D eigenvalue weighted by Crippen LogP contribution is 2.54. The van der Waals surface area contributed by atoms with Crippen LogP contribution in [-0.2, 0) is 16.6 Å². The number of carbonyl (C=O) groups excluding carboxylic acids is 1. The fourth-order valence-electron chi connectivity index (χ4n) is 4.96. The molecular formula is C24H19F2N5O3. The molecule has 1 unspecified atom stereocenters. The zero-order chi connectivity index (χ0) is 24.4. The number of halogens is 2. The van der Waals surface area contributed by atoms with Gasteiger partial charge in [-0.1, -0.05) is 12.1 Å². The molecule has 2 N–H and O–H groups in total. The summed E-state index contributed by atoms with van der Waals surface area (Å²) in [6.07, 6.45) is 0.00390.